The van der Waals surface area contributed by atoms with Crippen LogP contribution in [0.15, 0.2) is 48.0 Å². The standard InChI is InChI=1S/C24H25ClN6O3S2/c1-15-29-31-22-18(28-23(31)36-15)4-7-30(21(22)16-11-17(13-32)35-14-16)8-10-34-19-3-2-5-27-24(19,25)20-12-26-6-9-33-20/h2-3,5,8,10-11,13-14,20-21,26-27H,4,6-7,9,12H2,1H3. The Morgan fingerprint density at radius 3 is 3.14 bits per heavy atom. The van der Waals surface area contributed by atoms with Gasteiger partial charge in [0.25, 0.3) is 0 Å². The Kier molecular flexibility index (Phi) is 6.34. The van der Waals surface area contributed by atoms with Crippen molar-refractivity contribution in [1.29, 1.82) is 0 Å². The monoisotopic (exact) mass is 544 g/mol. The van der Waals surface area contributed by atoms with Gasteiger partial charge in [0.1, 0.15) is 23.1 Å². The zero-order valence-corrected chi connectivity index (χ0v) is 21.9. The first kappa shape index (κ1) is 23.7. The highest BCUT2D eigenvalue weighted by atomic mass is 35.5. The number of nitrogens with one attached hydrogen (secondary N) is 2. The van der Waals surface area contributed by atoms with E-state index in [4.69, 9.17) is 31.2 Å². The van der Waals surface area contributed by atoms with Crippen LogP contribution in [0.3, 0.4) is 0 Å². The molecule has 3 aromatic rings. The molecule has 0 spiro atoms. The molecule has 3 aliphatic rings. The Balaban J connectivity index is 1.30. The molecule has 0 saturated carbocycles. The van der Waals surface area contributed by atoms with E-state index in [0.717, 1.165) is 52.7 Å². The molecule has 3 unspecified atom stereocenters. The third kappa shape index (κ3) is 4.14. The van der Waals surface area contributed by atoms with Gasteiger partial charge in [0, 0.05) is 32.3 Å². The van der Waals surface area contributed by atoms with Gasteiger partial charge in [-0.2, -0.15) is 5.10 Å². The van der Waals surface area contributed by atoms with Crippen LogP contribution in [0.25, 0.3) is 4.96 Å². The minimum atomic E-state index is -1.01. The Morgan fingerprint density at radius 2 is 2.33 bits per heavy atom. The number of halogens is 1. The smallest absolute Gasteiger partial charge is 0.212 e. The molecule has 3 aromatic heterocycles. The van der Waals surface area contributed by atoms with E-state index in [2.05, 4.69) is 15.5 Å². The van der Waals surface area contributed by atoms with Crippen LogP contribution < -0.4 is 10.6 Å². The zero-order valence-electron chi connectivity index (χ0n) is 19.5. The maximum Gasteiger partial charge on any atom is 0.212 e. The topological polar surface area (TPSA) is 93.0 Å². The van der Waals surface area contributed by atoms with E-state index < -0.39 is 5.00 Å². The number of nitrogens with zero attached hydrogens (tertiary/aromatic N) is 4. The molecule has 1 saturated heterocycles. The second-order valence-electron chi connectivity index (χ2n) is 8.76. The summed E-state index contributed by atoms with van der Waals surface area (Å²) in [5.41, 5.74) is 3.08. The van der Waals surface area contributed by atoms with Gasteiger partial charge in [-0.15, -0.1) is 11.3 Å². The molecule has 0 amide bonds. The molecule has 2 N–H and O–H groups in total. The number of dihydropyridines is 1. The van der Waals surface area contributed by atoms with Crippen molar-refractivity contribution in [2.45, 2.75) is 30.5 Å². The van der Waals surface area contributed by atoms with Crippen molar-refractivity contribution in [2.75, 3.05) is 26.2 Å². The van der Waals surface area contributed by atoms with Crippen molar-refractivity contribution < 1.29 is 14.3 Å². The lowest BCUT2D eigenvalue weighted by Crippen LogP contribution is -2.58. The van der Waals surface area contributed by atoms with Crippen molar-refractivity contribution in [3.05, 3.63) is 74.9 Å². The van der Waals surface area contributed by atoms with E-state index in [-0.39, 0.29) is 12.1 Å². The van der Waals surface area contributed by atoms with Gasteiger partial charge in [-0.05, 0) is 42.3 Å². The second-order valence-corrected chi connectivity index (χ2v) is 11.5. The number of rotatable bonds is 6. The molecule has 0 aromatic carbocycles. The van der Waals surface area contributed by atoms with Gasteiger partial charge < -0.3 is 25.0 Å². The average molecular weight is 545 g/mol. The fourth-order valence-electron chi connectivity index (χ4n) is 4.84. The summed E-state index contributed by atoms with van der Waals surface area (Å²) in [4.78, 5) is 19.0. The quantitative estimate of drug-likeness (QED) is 0.211. The third-order valence-corrected chi connectivity index (χ3v) is 8.74. The molecule has 1 fully saturated rings. The normalized spacial score (nSPS) is 26.2. The number of fused-ring (bicyclic) bond motifs is 3. The van der Waals surface area contributed by atoms with Gasteiger partial charge in [-0.25, -0.2) is 9.50 Å². The first-order valence-corrected chi connectivity index (χ1v) is 13.8. The van der Waals surface area contributed by atoms with Gasteiger partial charge in [0.15, 0.2) is 11.3 Å². The second kappa shape index (κ2) is 9.64. The number of allylic oxidation sites excluding steroid dienone is 2. The Morgan fingerprint density at radius 1 is 1.42 bits per heavy atom. The first-order valence-electron chi connectivity index (χ1n) is 11.7. The number of aryl methyl sites for hydroxylation is 1. The van der Waals surface area contributed by atoms with Crippen molar-refractivity contribution in [1.82, 2.24) is 30.1 Å². The highest BCUT2D eigenvalue weighted by Crippen LogP contribution is 2.38. The van der Waals surface area contributed by atoms with Crippen LogP contribution in [0.2, 0.25) is 0 Å². The van der Waals surface area contributed by atoms with Crippen LogP contribution in [-0.4, -0.2) is 63.1 Å². The lowest BCUT2D eigenvalue weighted by atomic mass is 9.98. The molecule has 6 rings (SSSR count). The lowest BCUT2D eigenvalue weighted by molar-refractivity contribution is -0.00620. The van der Waals surface area contributed by atoms with Crippen LogP contribution in [0.4, 0.5) is 0 Å². The van der Waals surface area contributed by atoms with E-state index in [0.29, 0.717) is 23.8 Å². The highest BCUT2D eigenvalue weighted by Gasteiger charge is 2.44. The number of aromatic nitrogens is 3. The Bertz CT molecular complexity index is 1370. The van der Waals surface area contributed by atoms with Crippen LogP contribution in [0.1, 0.15) is 37.7 Å². The predicted octanol–water partition coefficient (Wildman–Crippen LogP) is 3.33. The lowest BCUT2D eigenvalue weighted by Gasteiger charge is -2.39. The summed E-state index contributed by atoms with van der Waals surface area (Å²) in [6.07, 6.45) is 10.5. The zero-order chi connectivity index (χ0) is 24.7. The van der Waals surface area contributed by atoms with E-state index in [1.54, 1.807) is 23.8 Å². The Hall–Kier alpha value is -2.70. The summed E-state index contributed by atoms with van der Waals surface area (Å²) in [7, 11) is 0. The van der Waals surface area contributed by atoms with E-state index in [1.165, 1.54) is 11.3 Å². The summed E-state index contributed by atoms with van der Waals surface area (Å²) in [5, 5.41) is 14.2. The largest absolute Gasteiger partial charge is 0.464 e. The summed E-state index contributed by atoms with van der Waals surface area (Å²) in [6.45, 7) is 4.73. The van der Waals surface area contributed by atoms with Crippen LogP contribution in [0, 0.1) is 6.92 Å². The highest BCUT2D eigenvalue weighted by molar-refractivity contribution is 7.16. The molecule has 3 atom stereocenters. The summed E-state index contributed by atoms with van der Waals surface area (Å²) < 4.78 is 14.0. The minimum absolute atomic E-state index is 0.153. The molecule has 9 nitrogen and oxygen atoms in total. The SMILES string of the molecule is Cc1nn2c3c(nc2s1)CCN(C=COC1=CC=CNC1(Cl)C1CNCCO1)C3c1csc(C=O)c1. The van der Waals surface area contributed by atoms with Crippen molar-refractivity contribution in [2.24, 2.45) is 0 Å². The molecule has 188 valence electrons. The third-order valence-electron chi connectivity index (χ3n) is 6.50. The molecular weight excluding hydrogens is 520 g/mol. The molecule has 0 bridgehead atoms. The first-order chi connectivity index (χ1) is 17.6. The molecular formula is C24H25ClN6O3S2. The van der Waals surface area contributed by atoms with Crippen LogP contribution in [-0.2, 0) is 15.9 Å². The number of morpholine rings is 1. The molecule has 6 heterocycles. The summed E-state index contributed by atoms with van der Waals surface area (Å²) >= 11 is 10.00. The number of ether oxygens (including phenoxy) is 2. The number of thiophene rings is 1. The number of hydrogen-bond donors (Lipinski definition) is 2. The van der Waals surface area contributed by atoms with Gasteiger partial charge in [0.2, 0.25) is 4.96 Å². The fraction of sp³-hybridized carbons (Fsp3) is 0.375. The average Bonchev–Trinajstić information content (AvgIpc) is 3.60. The summed E-state index contributed by atoms with van der Waals surface area (Å²) in [5.74, 6) is 0.562. The van der Waals surface area contributed by atoms with Crippen LogP contribution in [0.5, 0.6) is 0 Å². The predicted molar refractivity (Wildman–Crippen MR) is 139 cm³/mol. The fourth-order valence-corrected chi connectivity index (χ4v) is 6.65. The minimum Gasteiger partial charge on any atom is -0.464 e. The number of aldehydes is 1. The van der Waals surface area contributed by atoms with Gasteiger partial charge in [-0.3, -0.25) is 4.79 Å². The van der Waals surface area contributed by atoms with E-state index >= 15 is 0 Å². The Labute approximate surface area is 221 Å². The molecule has 36 heavy (non-hydrogen) atoms. The van der Waals surface area contributed by atoms with Crippen molar-refractivity contribution in [3.8, 4) is 0 Å². The number of carbonyl (C=O) groups excluding carboxylic acids is 1. The number of hydrogen-bond acceptors (Lipinski definition) is 10. The molecule has 3 aliphatic heterocycles. The number of alkyl halides is 1. The summed E-state index contributed by atoms with van der Waals surface area (Å²) in [6, 6.07) is 1.79. The number of imidazole rings is 1. The maximum absolute atomic E-state index is 11.4. The molecule has 12 heteroatoms. The maximum atomic E-state index is 11.4. The van der Waals surface area contributed by atoms with E-state index in [1.807, 2.05) is 41.2 Å². The van der Waals surface area contributed by atoms with Crippen LogP contribution >= 0.6 is 34.3 Å². The van der Waals surface area contributed by atoms with Crippen molar-refractivity contribution in [3.63, 3.8) is 0 Å². The van der Waals surface area contributed by atoms with Gasteiger partial charge in [0.05, 0.1) is 28.9 Å². The van der Waals surface area contributed by atoms with E-state index in [9.17, 15) is 4.79 Å². The van der Waals surface area contributed by atoms with Gasteiger partial charge >= 0.3 is 0 Å². The number of carbonyl (C=O) groups is 1. The molecule has 0 radical (unpaired) electrons. The molecule has 0 aliphatic carbocycles. The van der Waals surface area contributed by atoms with Gasteiger partial charge in [-0.1, -0.05) is 22.9 Å². The van der Waals surface area contributed by atoms with Crippen molar-refractivity contribution >= 4 is 45.5 Å².